The number of aromatic amines is 1. The maximum atomic E-state index is 12.5. The monoisotopic (exact) mass is 535 g/mol. The molecule has 1 atom stereocenters. The van der Waals surface area contributed by atoms with E-state index in [1.807, 2.05) is 12.3 Å². The number of para-hydroxylation sites is 1. The van der Waals surface area contributed by atoms with Gasteiger partial charge in [0.2, 0.25) is 0 Å². The van der Waals surface area contributed by atoms with Crippen LogP contribution < -0.4 is 5.32 Å². The highest BCUT2D eigenvalue weighted by Gasteiger charge is 2.28. The Morgan fingerprint density at radius 2 is 1.82 bits per heavy atom. The van der Waals surface area contributed by atoms with Crippen molar-refractivity contribution in [2.45, 2.75) is 44.9 Å². The van der Waals surface area contributed by atoms with Crippen LogP contribution in [0.2, 0.25) is 5.15 Å². The van der Waals surface area contributed by atoms with E-state index in [4.69, 9.17) is 16.6 Å². The minimum atomic E-state index is -0.170. The Labute approximate surface area is 233 Å². The number of nitrogens with zero attached hydrogens (tertiary/aromatic N) is 3. The summed E-state index contributed by atoms with van der Waals surface area (Å²) in [5, 5.41) is 4.54. The number of carbonyl (C=O) groups excluding carboxylic acids is 1. The summed E-state index contributed by atoms with van der Waals surface area (Å²) < 4.78 is 0. The summed E-state index contributed by atoms with van der Waals surface area (Å²) in [5.74, 6) is -0.170. The number of fused-ring (bicyclic) bond motifs is 2. The Morgan fingerprint density at radius 1 is 0.974 bits per heavy atom. The van der Waals surface area contributed by atoms with E-state index < -0.39 is 0 Å². The molecule has 0 spiro atoms. The number of pyridine rings is 2. The second-order valence-corrected chi connectivity index (χ2v) is 10.5. The second kappa shape index (κ2) is 11.4. The zero-order valence-corrected chi connectivity index (χ0v) is 22.4. The van der Waals surface area contributed by atoms with Crippen LogP contribution in [0.5, 0.6) is 0 Å². The Bertz CT molecular complexity index is 1600. The predicted octanol–water partition coefficient (Wildman–Crippen LogP) is 6.62. The first kappa shape index (κ1) is 25.3. The molecule has 6 rings (SSSR count). The van der Waals surface area contributed by atoms with E-state index in [0.29, 0.717) is 17.3 Å². The van der Waals surface area contributed by atoms with Crippen molar-refractivity contribution in [3.05, 3.63) is 130 Å². The number of hydrogen-bond donors (Lipinski definition) is 2. The van der Waals surface area contributed by atoms with Crippen LogP contribution in [0.15, 0.2) is 91.4 Å². The molecule has 39 heavy (non-hydrogen) atoms. The summed E-state index contributed by atoms with van der Waals surface area (Å²) in [6, 6.07) is 24.7. The minimum absolute atomic E-state index is 0.170. The Hall–Kier alpha value is -4.00. The molecule has 2 N–H and O–H groups in total. The molecule has 0 fully saturated rings. The number of aryl methyl sites for hydroxylation is 1. The molecule has 0 bridgehead atoms. The molecule has 5 aromatic rings. The average Bonchev–Trinajstić information content (AvgIpc) is 3.38. The molecular formula is C32H30ClN5O. The number of benzene rings is 2. The fraction of sp³-hybridized carbons (Fsp3) is 0.219. The molecule has 0 radical (unpaired) electrons. The summed E-state index contributed by atoms with van der Waals surface area (Å²) in [6.45, 7) is 2.08. The molecule has 1 unspecified atom stereocenters. The normalized spacial score (nSPS) is 14.9. The number of aromatic nitrogens is 3. The third-order valence-corrected chi connectivity index (χ3v) is 7.71. The van der Waals surface area contributed by atoms with E-state index in [1.165, 1.54) is 34.0 Å². The smallest absolute Gasteiger partial charge is 0.251 e. The van der Waals surface area contributed by atoms with Crippen LogP contribution >= 0.6 is 11.6 Å². The summed E-state index contributed by atoms with van der Waals surface area (Å²) >= 11 is 5.92. The van der Waals surface area contributed by atoms with Crippen LogP contribution in [0, 0.1) is 0 Å². The molecule has 0 aliphatic heterocycles. The fourth-order valence-corrected chi connectivity index (χ4v) is 5.70. The van der Waals surface area contributed by atoms with Gasteiger partial charge in [0.25, 0.3) is 5.91 Å². The van der Waals surface area contributed by atoms with Crippen molar-refractivity contribution < 1.29 is 4.79 Å². The molecule has 3 heterocycles. The van der Waals surface area contributed by atoms with Gasteiger partial charge in [-0.3, -0.25) is 14.7 Å². The molecule has 1 amide bonds. The number of amides is 1. The van der Waals surface area contributed by atoms with Crippen LogP contribution in [0.1, 0.15) is 57.2 Å². The standard InChI is InChI=1S/C32H30ClN5O/c33-30-17-25(14-16-34-30)32(39)37-18-22-10-12-23(13-11-22)20-38(21-26-19-36-28-8-2-1-7-27(26)28)29-9-3-5-24-6-4-15-35-31(24)29/h1-2,4,6-8,10-17,19,29,36H,3,5,9,18,20-21H2,(H,37,39). The zero-order chi connectivity index (χ0) is 26.6. The van der Waals surface area contributed by atoms with Gasteiger partial charge in [-0.1, -0.05) is 60.1 Å². The number of rotatable bonds is 8. The third kappa shape index (κ3) is 5.72. The van der Waals surface area contributed by atoms with Crippen LogP contribution in [0.3, 0.4) is 0 Å². The molecule has 196 valence electrons. The van der Waals surface area contributed by atoms with Crippen molar-refractivity contribution in [1.29, 1.82) is 0 Å². The predicted molar refractivity (Wildman–Crippen MR) is 154 cm³/mol. The van der Waals surface area contributed by atoms with E-state index in [9.17, 15) is 4.79 Å². The Balaban J connectivity index is 1.20. The fourth-order valence-electron chi connectivity index (χ4n) is 5.52. The molecule has 2 aromatic carbocycles. The van der Waals surface area contributed by atoms with Crippen molar-refractivity contribution in [2.75, 3.05) is 0 Å². The van der Waals surface area contributed by atoms with Gasteiger partial charge in [-0.15, -0.1) is 0 Å². The van der Waals surface area contributed by atoms with E-state index >= 15 is 0 Å². The minimum Gasteiger partial charge on any atom is -0.361 e. The molecule has 6 nitrogen and oxygen atoms in total. The maximum Gasteiger partial charge on any atom is 0.251 e. The molecule has 0 saturated heterocycles. The Morgan fingerprint density at radius 3 is 2.69 bits per heavy atom. The lowest BCUT2D eigenvalue weighted by atomic mass is 9.90. The largest absolute Gasteiger partial charge is 0.361 e. The lowest BCUT2D eigenvalue weighted by Crippen LogP contribution is -2.31. The van der Waals surface area contributed by atoms with Crippen molar-refractivity contribution >= 4 is 28.4 Å². The zero-order valence-electron chi connectivity index (χ0n) is 21.6. The number of halogens is 1. The van der Waals surface area contributed by atoms with Crippen molar-refractivity contribution in [3.8, 4) is 0 Å². The highest BCUT2D eigenvalue weighted by molar-refractivity contribution is 6.29. The van der Waals surface area contributed by atoms with Crippen molar-refractivity contribution in [2.24, 2.45) is 0 Å². The summed E-state index contributed by atoms with van der Waals surface area (Å²) in [4.78, 5) is 27.3. The van der Waals surface area contributed by atoms with Crippen molar-refractivity contribution in [3.63, 3.8) is 0 Å². The molecular weight excluding hydrogens is 506 g/mol. The summed E-state index contributed by atoms with van der Waals surface area (Å²) in [7, 11) is 0. The first-order chi connectivity index (χ1) is 19.1. The number of H-pyrrole nitrogens is 1. The third-order valence-electron chi connectivity index (χ3n) is 7.50. The second-order valence-electron chi connectivity index (χ2n) is 10.1. The number of nitrogens with one attached hydrogen (secondary N) is 2. The number of hydrogen-bond acceptors (Lipinski definition) is 4. The van der Waals surface area contributed by atoms with Gasteiger partial charge in [-0.25, -0.2) is 4.98 Å². The van der Waals surface area contributed by atoms with E-state index in [0.717, 1.165) is 43.4 Å². The van der Waals surface area contributed by atoms with Crippen LogP contribution in [0.4, 0.5) is 0 Å². The Kier molecular flexibility index (Phi) is 7.39. The van der Waals surface area contributed by atoms with E-state index in [1.54, 1.807) is 12.1 Å². The highest BCUT2D eigenvalue weighted by Crippen LogP contribution is 2.35. The quantitative estimate of drug-likeness (QED) is 0.219. The van der Waals surface area contributed by atoms with Gasteiger partial charge >= 0.3 is 0 Å². The molecule has 1 aliphatic carbocycles. The molecule has 3 aromatic heterocycles. The van der Waals surface area contributed by atoms with Gasteiger partial charge in [0, 0.05) is 54.7 Å². The van der Waals surface area contributed by atoms with E-state index in [2.05, 4.69) is 81.0 Å². The van der Waals surface area contributed by atoms with Gasteiger partial charge in [0.1, 0.15) is 5.15 Å². The van der Waals surface area contributed by atoms with Gasteiger partial charge in [0.05, 0.1) is 11.7 Å². The van der Waals surface area contributed by atoms with Gasteiger partial charge < -0.3 is 10.3 Å². The summed E-state index contributed by atoms with van der Waals surface area (Å²) in [5.41, 5.74) is 7.80. The van der Waals surface area contributed by atoms with Gasteiger partial charge in [0.15, 0.2) is 0 Å². The molecule has 0 saturated carbocycles. The molecule has 7 heteroatoms. The van der Waals surface area contributed by atoms with E-state index in [-0.39, 0.29) is 11.9 Å². The maximum absolute atomic E-state index is 12.5. The molecule has 1 aliphatic rings. The highest BCUT2D eigenvalue weighted by atomic mass is 35.5. The number of carbonyl (C=O) groups is 1. The van der Waals surface area contributed by atoms with Gasteiger partial charge in [-0.2, -0.15) is 0 Å². The lowest BCUT2D eigenvalue weighted by molar-refractivity contribution is 0.0951. The summed E-state index contributed by atoms with van der Waals surface area (Å²) in [6.07, 6.45) is 8.94. The first-order valence-corrected chi connectivity index (χ1v) is 13.7. The SMILES string of the molecule is O=C(NCc1ccc(CN(Cc2c[nH]c3ccccc23)C2CCCc3cccnc32)cc1)c1ccnc(Cl)c1. The average molecular weight is 536 g/mol. The van der Waals surface area contributed by atoms with Crippen LogP contribution in [-0.4, -0.2) is 25.8 Å². The first-order valence-electron chi connectivity index (χ1n) is 13.3. The van der Waals surface area contributed by atoms with Crippen LogP contribution in [-0.2, 0) is 26.1 Å². The van der Waals surface area contributed by atoms with Crippen LogP contribution in [0.25, 0.3) is 10.9 Å². The lowest BCUT2D eigenvalue weighted by Gasteiger charge is -2.35. The topological polar surface area (TPSA) is 73.9 Å². The van der Waals surface area contributed by atoms with Crippen molar-refractivity contribution in [1.82, 2.24) is 25.2 Å². The van der Waals surface area contributed by atoms with Gasteiger partial charge in [-0.05, 0) is 65.8 Å².